The van der Waals surface area contributed by atoms with Crippen molar-refractivity contribution >= 4 is 33.2 Å². The highest BCUT2D eigenvalue weighted by Gasteiger charge is 2.08. The number of rotatable bonds is 3. The third-order valence-corrected chi connectivity index (χ3v) is 4.14. The van der Waals surface area contributed by atoms with Gasteiger partial charge in [0.25, 0.3) is 0 Å². The van der Waals surface area contributed by atoms with Crippen molar-refractivity contribution in [3.63, 3.8) is 0 Å². The van der Waals surface area contributed by atoms with Gasteiger partial charge in [-0.2, -0.15) is 0 Å². The summed E-state index contributed by atoms with van der Waals surface area (Å²) < 4.78 is 0.988. The van der Waals surface area contributed by atoms with Crippen LogP contribution in [-0.2, 0) is 0 Å². The minimum Gasteiger partial charge on any atom is -0.377 e. The zero-order valence-corrected chi connectivity index (χ0v) is 13.6. The molecule has 2 rings (SSSR count). The number of halogens is 2. The normalized spacial score (nSPS) is 12.3. The third kappa shape index (κ3) is 3.52. The van der Waals surface area contributed by atoms with Gasteiger partial charge in [-0.1, -0.05) is 45.7 Å². The quantitative estimate of drug-likeness (QED) is 0.735. The minimum atomic E-state index is 0.220. The zero-order valence-electron chi connectivity index (χ0n) is 11.3. The van der Waals surface area contributed by atoms with Gasteiger partial charge in [-0.15, -0.1) is 0 Å². The number of benzene rings is 2. The molecular weight excluding hydrogens is 322 g/mol. The van der Waals surface area contributed by atoms with E-state index < -0.39 is 0 Å². The van der Waals surface area contributed by atoms with E-state index in [1.165, 1.54) is 16.7 Å². The van der Waals surface area contributed by atoms with Crippen molar-refractivity contribution in [1.82, 2.24) is 0 Å². The van der Waals surface area contributed by atoms with Crippen LogP contribution in [0.5, 0.6) is 0 Å². The van der Waals surface area contributed by atoms with E-state index in [9.17, 15) is 0 Å². The van der Waals surface area contributed by atoms with E-state index in [0.717, 1.165) is 15.2 Å². The van der Waals surface area contributed by atoms with E-state index in [1.807, 2.05) is 18.2 Å². The van der Waals surface area contributed by atoms with Crippen LogP contribution in [0.4, 0.5) is 5.69 Å². The first-order valence-electron chi connectivity index (χ1n) is 6.26. The first kappa shape index (κ1) is 14.4. The molecule has 19 heavy (non-hydrogen) atoms. The molecule has 1 unspecified atom stereocenters. The van der Waals surface area contributed by atoms with Gasteiger partial charge in [-0.25, -0.2) is 0 Å². The summed E-state index contributed by atoms with van der Waals surface area (Å²) in [5.41, 5.74) is 4.85. The van der Waals surface area contributed by atoms with Crippen LogP contribution in [-0.4, -0.2) is 0 Å². The Morgan fingerprint density at radius 1 is 1.05 bits per heavy atom. The van der Waals surface area contributed by atoms with Crippen LogP contribution in [0.2, 0.25) is 5.02 Å². The van der Waals surface area contributed by atoms with Crippen LogP contribution in [0.25, 0.3) is 0 Å². The fourth-order valence-electron chi connectivity index (χ4n) is 1.96. The maximum atomic E-state index is 6.23. The molecule has 0 aliphatic heterocycles. The summed E-state index contributed by atoms with van der Waals surface area (Å²) in [4.78, 5) is 0. The van der Waals surface area contributed by atoms with Crippen LogP contribution >= 0.6 is 27.5 Å². The van der Waals surface area contributed by atoms with Gasteiger partial charge >= 0.3 is 0 Å². The number of aryl methyl sites for hydroxylation is 2. The molecule has 0 aliphatic rings. The molecule has 0 heterocycles. The SMILES string of the molecule is Cc1ccc(C(C)Nc2ccc(Br)cc2Cl)cc1C. The van der Waals surface area contributed by atoms with Gasteiger partial charge in [0.15, 0.2) is 0 Å². The van der Waals surface area contributed by atoms with E-state index in [-0.39, 0.29) is 6.04 Å². The fourth-order valence-corrected chi connectivity index (χ4v) is 2.69. The van der Waals surface area contributed by atoms with Crippen molar-refractivity contribution in [2.24, 2.45) is 0 Å². The van der Waals surface area contributed by atoms with Gasteiger partial charge < -0.3 is 5.32 Å². The smallest absolute Gasteiger partial charge is 0.0648 e. The van der Waals surface area contributed by atoms with Crippen LogP contribution in [0.3, 0.4) is 0 Å². The predicted octanol–water partition coefficient (Wildman–Crippen LogP) is 5.89. The molecule has 1 nitrogen and oxygen atoms in total. The number of hydrogen-bond donors (Lipinski definition) is 1. The lowest BCUT2D eigenvalue weighted by atomic mass is 10.0. The maximum Gasteiger partial charge on any atom is 0.0648 e. The Morgan fingerprint density at radius 3 is 2.42 bits per heavy atom. The Labute approximate surface area is 128 Å². The van der Waals surface area contributed by atoms with E-state index in [4.69, 9.17) is 11.6 Å². The highest BCUT2D eigenvalue weighted by Crippen LogP contribution is 2.29. The van der Waals surface area contributed by atoms with Crippen LogP contribution in [0, 0.1) is 13.8 Å². The average molecular weight is 339 g/mol. The maximum absolute atomic E-state index is 6.23. The second-order valence-electron chi connectivity index (χ2n) is 4.83. The predicted molar refractivity (Wildman–Crippen MR) is 87.1 cm³/mol. The molecule has 0 bridgehead atoms. The molecule has 1 N–H and O–H groups in total. The summed E-state index contributed by atoms with van der Waals surface area (Å²) in [6.45, 7) is 6.41. The van der Waals surface area contributed by atoms with E-state index >= 15 is 0 Å². The highest BCUT2D eigenvalue weighted by atomic mass is 79.9. The van der Waals surface area contributed by atoms with Crippen LogP contribution in [0.15, 0.2) is 40.9 Å². The summed E-state index contributed by atoms with van der Waals surface area (Å²) in [7, 11) is 0. The van der Waals surface area contributed by atoms with E-state index in [2.05, 4.69) is 60.2 Å². The second kappa shape index (κ2) is 5.98. The monoisotopic (exact) mass is 337 g/mol. The van der Waals surface area contributed by atoms with Crippen molar-refractivity contribution in [3.8, 4) is 0 Å². The lowest BCUT2D eigenvalue weighted by molar-refractivity contribution is 0.881. The van der Waals surface area contributed by atoms with Gasteiger partial charge in [0.05, 0.1) is 10.7 Å². The first-order valence-corrected chi connectivity index (χ1v) is 7.43. The van der Waals surface area contributed by atoms with Crippen LogP contribution in [0.1, 0.15) is 29.7 Å². The largest absolute Gasteiger partial charge is 0.377 e. The molecule has 100 valence electrons. The minimum absolute atomic E-state index is 0.220. The Bertz CT molecular complexity index is 595. The van der Waals surface area contributed by atoms with Crippen molar-refractivity contribution in [3.05, 3.63) is 62.6 Å². The molecule has 0 aliphatic carbocycles. The topological polar surface area (TPSA) is 12.0 Å². The average Bonchev–Trinajstić information content (AvgIpc) is 2.36. The van der Waals surface area contributed by atoms with Crippen molar-refractivity contribution in [2.45, 2.75) is 26.8 Å². The molecule has 1 atom stereocenters. The molecule has 0 aromatic heterocycles. The third-order valence-electron chi connectivity index (χ3n) is 3.33. The number of nitrogens with one attached hydrogen (secondary N) is 1. The van der Waals surface area contributed by atoms with E-state index in [1.54, 1.807) is 0 Å². The standard InChI is InChI=1S/C16H17BrClN/c1-10-4-5-13(8-11(10)2)12(3)19-16-7-6-14(17)9-15(16)18/h4-9,12,19H,1-3H3. The molecular formula is C16H17BrClN. The Balaban J connectivity index is 2.20. The Kier molecular flexibility index (Phi) is 4.54. The molecule has 0 saturated carbocycles. The van der Waals surface area contributed by atoms with Crippen molar-refractivity contribution in [2.75, 3.05) is 5.32 Å². The molecule has 2 aromatic carbocycles. The highest BCUT2D eigenvalue weighted by molar-refractivity contribution is 9.10. The second-order valence-corrected chi connectivity index (χ2v) is 6.16. The van der Waals surface area contributed by atoms with Gasteiger partial charge in [0, 0.05) is 10.5 Å². The molecule has 0 spiro atoms. The van der Waals surface area contributed by atoms with Gasteiger partial charge in [-0.3, -0.25) is 0 Å². The Hall–Kier alpha value is -0.990. The molecule has 0 fully saturated rings. The lowest BCUT2D eigenvalue weighted by Gasteiger charge is -2.18. The number of anilines is 1. The summed E-state index contributed by atoms with van der Waals surface area (Å²) in [6, 6.07) is 12.6. The van der Waals surface area contributed by atoms with Crippen molar-refractivity contribution in [1.29, 1.82) is 0 Å². The Morgan fingerprint density at radius 2 is 1.79 bits per heavy atom. The van der Waals surface area contributed by atoms with Gasteiger partial charge in [0.2, 0.25) is 0 Å². The lowest BCUT2D eigenvalue weighted by Crippen LogP contribution is -2.07. The summed E-state index contributed by atoms with van der Waals surface area (Å²) in [5.74, 6) is 0. The molecule has 0 radical (unpaired) electrons. The molecule has 2 aromatic rings. The van der Waals surface area contributed by atoms with Gasteiger partial charge in [0.1, 0.15) is 0 Å². The van der Waals surface area contributed by atoms with Crippen LogP contribution < -0.4 is 5.32 Å². The number of hydrogen-bond acceptors (Lipinski definition) is 1. The summed E-state index contributed by atoms with van der Waals surface area (Å²) in [5, 5.41) is 4.17. The zero-order chi connectivity index (χ0) is 14.0. The van der Waals surface area contributed by atoms with Gasteiger partial charge in [-0.05, 0) is 55.7 Å². The molecule has 3 heteroatoms. The summed E-state index contributed by atoms with van der Waals surface area (Å²) >= 11 is 9.64. The van der Waals surface area contributed by atoms with Crippen molar-refractivity contribution < 1.29 is 0 Å². The summed E-state index contributed by atoms with van der Waals surface area (Å²) in [6.07, 6.45) is 0. The molecule has 0 amide bonds. The fraction of sp³-hybridized carbons (Fsp3) is 0.250. The van der Waals surface area contributed by atoms with E-state index in [0.29, 0.717) is 0 Å². The molecule has 0 saturated heterocycles. The first-order chi connectivity index (χ1) is 8.97.